The molecule has 1 rings (SSSR count). The molecule has 166 valence electrons. The number of carbonyl (C=O) groups excluding carboxylic acids is 1. The van der Waals surface area contributed by atoms with Gasteiger partial charge in [0.05, 0.1) is 0 Å². The summed E-state index contributed by atoms with van der Waals surface area (Å²) in [7, 11) is 1.65. The first-order valence-corrected chi connectivity index (χ1v) is 19.8. The summed E-state index contributed by atoms with van der Waals surface area (Å²) >= 11 is -2.51. The summed E-state index contributed by atoms with van der Waals surface area (Å²) in [5.74, 6) is 0.823. The fourth-order valence-corrected chi connectivity index (χ4v) is 20.8. The van der Waals surface area contributed by atoms with Gasteiger partial charge in [0.2, 0.25) is 0 Å². The van der Waals surface area contributed by atoms with E-state index in [1.807, 2.05) is 24.3 Å². The summed E-state index contributed by atoms with van der Waals surface area (Å²) in [5.41, 5.74) is 0.511. The molecule has 1 amide bonds. The maximum absolute atomic E-state index is 13.7. The molecule has 0 bridgehead atoms. The Labute approximate surface area is 184 Å². The average Bonchev–Trinajstić information content (AvgIpc) is 2.71. The van der Waals surface area contributed by atoms with Gasteiger partial charge < -0.3 is 0 Å². The SMILES string of the molecule is CCC[CH2][Sn]([CH2]CCC)([CH2]CCC)[CH2]N(C(=O)c1ccccc1OC)C(C)(C)C. The van der Waals surface area contributed by atoms with E-state index in [4.69, 9.17) is 4.74 Å². The van der Waals surface area contributed by atoms with Gasteiger partial charge in [-0.3, -0.25) is 0 Å². The second-order valence-corrected chi connectivity index (χ2v) is 23.3. The molecule has 0 radical (unpaired) electrons. The number of ether oxygens (including phenoxy) is 1. The second-order valence-electron chi connectivity index (χ2n) is 9.57. The van der Waals surface area contributed by atoms with Crippen LogP contribution in [-0.4, -0.2) is 46.4 Å². The van der Waals surface area contributed by atoms with Gasteiger partial charge in [0.25, 0.3) is 0 Å². The van der Waals surface area contributed by atoms with Crippen molar-refractivity contribution < 1.29 is 9.53 Å². The van der Waals surface area contributed by atoms with Gasteiger partial charge in [-0.1, -0.05) is 0 Å². The molecule has 0 N–H and O–H groups in total. The Bertz CT molecular complexity index is 587. The number of methoxy groups -OCH3 is 1. The predicted molar refractivity (Wildman–Crippen MR) is 129 cm³/mol. The van der Waals surface area contributed by atoms with Crippen LogP contribution in [0.4, 0.5) is 0 Å². The zero-order valence-corrected chi connectivity index (χ0v) is 23.0. The minimum atomic E-state index is -2.51. The van der Waals surface area contributed by atoms with Crippen LogP contribution in [0.1, 0.15) is 90.4 Å². The molecule has 0 aliphatic carbocycles. The van der Waals surface area contributed by atoms with Crippen molar-refractivity contribution in [2.24, 2.45) is 0 Å². The van der Waals surface area contributed by atoms with Gasteiger partial charge in [-0.25, -0.2) is 0 Å². The van der Waals surface area contributed by atoms with Crippen molar-refractivity contribution in [2.75, 3.05) is 11.7 Å². The van der Waals surface area contributed by atoms with Gasteiger partial charge in [0.1, 0.15) is 0 Å². The van der Waals surface area contributed by atoms with Gasteiger partial charge >= 0.3 is 185 Å². The molecule has 0 saturated carbocycles. The molecule has 0 aliphatic heterocycles. The van der Waals surface area contributed by atoms with Crippen LogP contribution in [0.5, 0.6) is 5.75 Å². The van der Waals surface area contributed by atoms with Gasteiger partial charge in [0, 0.05) is 0 Å². The number of benzene rings is 1. The Morgan fingerprint density at radius 1 is 0.931 bits per heavy atom. The predicted octanol–water partition coefficient (Wildman–Crippen LogP) is 7.32. The van der Waals surface area contributed by atoms with Crippen LogP contribution in [0, 0.1) is 0 Å². The summed E-state index contributed by atoms with van der Waals surface area (Å²) in [6.45, 7) is 13.5. The molecular formula is C25H45NO2Sn. The molecule has 4 heteroatoms. The molecule has 0 atom stereocenters. The average molecular weight is 510 g/mol. The van der Waals surface area contributed by atoms with E-state index in [2.05, 4.69) is 46.4 Å². The van der Waals surface area contributed by atoms with Crippen molar-refractivity contribution in [3.63, 3.8) is 0 Å². The second kappa shape index (κ2) is 12.9. The van der Waals surface area contributed by atoms with E-state index in [0.717, 1.165) is 4.56 Å². The Morgan fingerprint density at radius 3 is 1.83 bits per heavy atom. The van der Waals surface area contributed by atoms with Crippen LogP contribution >= 0.6 is 0 Å². The fourth-order valence-electron chi connectivity index (χ4n) is 4.18. The molecule has 1 aromatic carbocycles. The molecule has 3 nitrogen and oxygen atoms in total. The number of carbonyl (C=O) groups is 1. The number of hydrogen-bond donors (Lipinski definition) is 0. The normalized spacial score (nSPS) is 12.1. The number of amides is 1. The quantitative estimate of drug-likeness (QED) is 0.260. The van der Waals surface area contributed by atoms with E-state index in [1.54, 1.807) is 7.11 Å². The molecule has 0 heterocycles. The number of para-hydroxylation sites is 1. The minimum absolute atomic E-state index is 0.139. The Balaban J connectivity index is 3.32. The third-order valence-corrected chi connectivity index (χ3v) is 21.0. The summed E-state index contributed by atoms with van der Waals surface area (Å²) in [5, 5.41) is 0. The molecule has 0 spiro atoms. The summed E-state index contributed by atoms with van der Waals surface area (Å²) in [4.78, 5) is 16.0. The molecular weight excluding hydrogens is 465 g/mol. The third kappa shape index (κ3) is 8.14. The molecule has 0 aliphatic rings. The van der Waals surface area contributed by atoms with Crippen LogP contribution in [-0.2, 0) is 0 Å². The zero-order chi connectivity index (χ0) is 21.9. The van der Waals surface area contributed by atoms with Crippen LogP contribution in [0.15, 0.2) is 24.3 Å². The molecule has 1 aromatic rings. The van der Waals surface area contributed by atoms with Crippen LogP contribution in [0.2, 0.25) is 13.3 Å². The van der Waals surface area contributed by atoms with Gasteiger partial charge in [0.15, 0.2) is 0 Å². The monoisotopic (exact) mass is 511 g/mol. The van der Waals surface area contributed by atoms with E-state index in [1.165, 1.54) is 51.8 Å². The number of nitrogens with zero attached hydrogens (tertiary/aromatic N) is 1. The topological polar surface area (TPSA) is 29.5 Å². The van der Waals surface area contributed by atoms with Crippen molar-refractivity contribution in [3.05, 3.63) is 29.8 Å². The summed E-state index contributed by atoms with van der Waals surface area (Å²) in [6, 6.07) is 7.69. The van der Waals surface area contributed by atoms with Crippen molar-refractivity contribution in [2.45, 2.75) is 98.9 Å². The first-order chi connectivity index (χ1) is 13.7. The zero-order valence-electron chi connectivity index (χ0n) is 20.1. The third-order valence-electron chi connectivity index (χ3n) is 6.07. The van der Waals surface area contributed by atoms with Crippen molar-refractivity contribution in [1.82, 2.24) is 4.90 Å². The van der Waals surface area contributed by atoms with Crippen LogP contribution in [0.25, 0.3) is 0 Å². The number of unbranched alkanes of at least 4 members (excludes halogenated alkanes) is 3. The van der Waals surface area contributed by atoms with E-state index in [0.29, 0.717) is 11.3 Å². The van der Waals surface area contributed by atoms with Gasteiger partial charge in [-0.2, -0.15) is 0 Å². The Kier molecular flexibility index (Phi) is 11.7. The van der Waals surface area contributed by atoms with Crippen LogP contribution < -0.4 is 4.74 Å². The van der Waals surface area contributed by atoms with Crippen molar-refractivity contribution >= 4 is 24.3 Å². The van der Waals surface area contributed by atoms with E-state index in [-0.39, 0.29) is 11.4 Å². The summed E-state index contributed by atoms with van der Waals surface area (Å²) in [6.07, 6.45) is 7.74. The molecule has 0 fully saturated rings. The van der Waals surface area contributed by atoms with E-state index >= 15 is 0 Å². The number of hydrogen-bond acceptors (Lipinski definition) is 2. The molecule has 29 heavy (non-hydrogen) atoms. The van der Waals surface area contributed by atoms with Gasteiger partial charge in [-0.15, -0.1) is 0 Å². The Hall–Kier alpha value is -0.711. The van der Waals surface area contributed by atoms with Crippen molar-refractivity contribution in [1.29, 1.82) is 0 Å². The van der Waals surface area contributed by atoms with Gasteiger partial charge in [-0.05, 0) is 0 Å². The molecule has 0 aromatic heterocycles. The number of rotatable bonds is 13. The fraction of sp³-hybridized carbons (Fsp3) is 0.720. The summed E-state index contributed by atoms with van der Waals surface area (Å²) < 4.78 is 10.8. The molecule has 0 unspecified atom stereocenters. The first-order valence-electron chi connectivity index (χ1n) is 11.7. The van der Waals surface area contributed by atoms with Crippen molar-refractivity contribution in [3.8, 4) is 5.75 Å². The van der Waals surface area contributed by atoms with E-state index < -0.39 is 18.4 Å². The standard InChI is InChI=1S/C13H18NO2.3C4H9.Sn/c1-13(2,3)14(4)12(15)10-8-6-7-9-11(10)16-5;3*1-3-4-2;/h6-9H,4H2,1-3,5H3;3*1,3-4H2,2H3;. The van der Waals surface area contributed by atoms with E-state index in [9.17, 15) is 4.79 Å². The Morgan fingerprint density at radius 2 is 1.41 bits per heavy atom. The van der Waals surface area contributed by atoms with Crippen LogP contribution in [0.3, 0.4) is 0 Å². The molecule has 0 saturated heterocycles. The first kappa shape index (κ1) is 26.3. The maximum atomic E-state index is 13.7.